The van der Waals surface area contributed by atoms with Crippen molar-refractivity contribution in [2.45, 2.75) is 6.54 Å². The minimum absolute atomic E-state index is 0.868. The van der Waals surface area contributed by atoms with Gasteiger partial charge in [-0.3, -0.25) is 5.10 Å². The highest BCUT2D eigenvalue weighted by atomic mass is 32.1. The zero-order valence-corrected chi connectivity index (χ0v) is 10.6. The van der Waals surface area contributed by atoms with Crippen molar-refractivity contribution in [3.63, 3.8) is 0 Å². The van der Waals surface area contributed by atoms with Gasteiger partial charge in [0.05, 0.1) is 5.69 Å². The van der Waals surface area contributed by atoms with E-state index in [0.29, 0.717) is 0 Å². The Labute approximate surface area is 109 Å². The fraction of sp³-hybridized carbons (Fsp3) is 0.0714. The maximum absolute atomic E-state index is 3.95. The van der Waals surface area contributed by atoms with E-state index in [0.717, 1.165) is 23.5 Å². The summed E-state index contributed by atoms with van der Waals surface area (Å²) in [4.78, 5) is 0. The quantitative estimate of drug-likeness (QED) is 0.745. The molecule has 0 saturated heterocycles. The Hall–Kier alpha value is -2.07. The summed E-state index contributed by atoms with van der Waals surface area (Å²) in [5.74, 6) is 0. The molecule has 0 aliphatic heterocycles. The number of anilines is 1. The Balaban J connectivity index is 1.68. The number of aromatic amines is 1. The highest BCUT2D eigenvalue weighted by Crippen LogP contribution is 2.19. The van der Waals surface area contributed by atoms with Crippen LogP contribution in [0, 0.1) is 0 Å². The molecule has 3 rings (SSSR count). The lowest BCUT2D eigenvalue weighted by Gasteiger charge is -2.05. The van der Waals surface area contributed by atoms with E-state index in [1.807, 2.05) is 6.07 Å². The monoisotopic (exact) mass is 255 g/mol. The number of nitrogens with zero attached hydrogens (tertiary/aromatic N) is 1. The maximum Gasteiger partial charge on any atom is 0.0650 e. The summed E-state index contributed by atoms with van der Waals surface area (Å²) in [6, 6.07) is 12.4. The molecular weight excluding hydrogens is 242 g/mol. The van der Waals surface area contributed by atoms with Crippen molar-refractivity contribution < 1.29 is 0 Å². The Kier molecular flexibility index (Phi) is 3.10. The van der Waals surface area contributed by atoms with Crippen LogP contribution >= 0.6 is 11.3 Å². The van der Waals surface area contributed by atoms with Crippen molar-refractivity contribution in [2.75, 3.05) is 5.32 Å². The van der Waals surface area contributed by atoms with Gasteiger partial charge in [-0.25, -0.2) is 0 Å². The number of thiophene rings is 1. The van der Waals surface area contributed by atoms with Crippen LogP contribution in [0.25, 0.3) is 11.3 Å². The number of H-pyrrole nitrogens is 1. The lowest BCUT2D eigenvalue weighted by Crippen LogP contribution is -1.97. The third-order valence-corrected chi connectivity index (χ3v) is 3.51. The predicted molar refractivity (Wildman–Crippen MR) is 75.7 cm³/mol. The zero-order chi connectivity index (χ0) is 12.2. The van der Waals surface area contributed by atoms with Gasteiger partial charge >= 0.3 is 0 Å². The second kappa shape index (κ2) is 5.06. The molecule has 18 heavy (non-hydrogen) atoms. The molecule has 2 heterocycles. The van der Waals surface area contributed by atoms with Crippen LogP contribution < -0.4 is 5.32 Å². The molecule has 2 aromatic heterocycles. The van der Waals surface area contributed by atoms with Crippen molar-refractivity contribution in [1.29, 1.82) is 0 Å². The van der Waals surface area contributed by atoms with E-state index in [9.17, 15) is 0 Å². The van der Waals surface area contributed by atoms with Gasteiger partial charge < -0.3 is 5.32 Å². The fourth-order valence-corrected chi connectivity index (χ4v) is 2.45. The SMILES string of the molecule is c1cc(-c2ccc(NCc3ccsc3)cc2)[nH]n1. The normalized spacial score (nSPS) is 10.4. The average Bonchev–Trinajstić information content (AvgIpc) is 3.10. The van der Waals surface area contributed by atoms with Crippen LogP contribution in [0.5, 0.6) is 0 Å². The third-order valence-electron chi connectivity index (χ3n) is 2.77. The van der Waals surface area contributed by atoms with E-state index in [4.69, 9.17) is 0 Å². The first kappa shape index (κ1) is 11.0. The van der Waals surface area contributed by atoms with Crippen LogP contribution in [0.3, 0.4) is 0 Å². The molecule has 0 bridgehead atoms. The fourth-order valence-electron chi connectivity index (χ4n) is 1.78. The highest BCUT2D eigenvalue weighted by molar-refractivity contribution is 7.07. The number of aromatic nitrogens is 2. The molecule has 0 atom stereocenters. The minimum atomic E-state index is 0.868. The van der Waals surface area contributed by atoms with Gasteiger partial charge in [-0.2, -0.15) is 16.4 Å². The first-order valence-electron chi connectivity index (χ1n) is 5.76. The number of nitrogens with one attached hydrogen (secondary N) is 2. The summed E-state index contributed by atoms with van der Waals surface area (Å²) in [7, 11) is 0. The van der Waals surface area contributed by atoms with Gasteiger partial charge in [-0.15, -0.1) is 0 Å². The molecule has 1 aromatic carbocycles. The summed E-state index contributed by atoms with van der Waals surface area (Å²) in [5, 5.41) is 14.6. The van der Waals surface area contributed by atoms with Crippen molar-refractivity contribution in [2.24, 2.45) is 0 Å². The first-order valence-corrected chi connectivity index (χ1v) is 6.71. The van der Waals surface area contributed by atoms with Crippen LogP contribution in [0.1, 0.15) is 5.56 Å². The van der Waals surface area contributed by atoms with Crippen LogP contribution in [-0.2, 0) is 6.54 Å². The molecule has 0 aliphatic rings. The lowest BCUT2D eigenvalue weighted by molar-refractivity contribution is 1.09. The molecule has 0 spiro atoms. The van der Waals surface area contributed by atoms with Gasteiger partial charge in [0.15, 0.2) is 0 Å². The Morgan fingerprint density at radius 1 is 1.11 bits per heavy atom. The molecule has 0 saturated carbocycles. The maximum atomic E-state index is 3.95. The summed E-state index contributed by atoms with van der Waals surface area (Å²) in [5.41, 5.74) is 4.63. The van der Waals surface area contributed by atoms with Gasteiger partial charge in [-0.05, 0) is 46.2 Å². The van der Waals surface area contributed by atoms with Gasteiger partial charge in [-0.1, -0.05) is 12.1 Å². The molecule has 0 fully saturated rings. The molecule has 3 nitrogen and oxygen atoms in total. The Bertz CT molecular complexity index is 583. The van der Waals surface area contributed by atoms with E-state index in [-0.39, 0.29) is 0 Å². The second-order valence-electron chi connectivity index (χ2n) is 4.03. The van der Waals surface area contributed by atoms with Crippen LogP contribution in [0.15, 0.2) is 53.4 Å². The summed E-state index contributed by atoms with van der Waals surface area (Å²) in [6.45, 7) is 0.868. The van der Waals surface area contributed by atoms with E-state index in [1.165, 1.54) is 5.56 Å². The zero-order valence-electron chi connectivity index (χ0n) is 9.76. The topological polar surface area (TPSA) is 40.7 Å². The van der Waals surface area contributed by atoms with Gasteiger partial charge in [0.2, 0.25) is 0 Å². The van der Waals surface area contributed by atoms with E-state index in [1.54, 1.807) is 17.5 Å². The van der Waals surface area contributed by atoms with Crippen molar-refractivity contribution in [3.05, 3.63) is 58.9 Å². The molecule has 0 radical (unpaired) electrons. The molecule has 0 unspecified atom stereocenters. The van der Waals surface area contributed by atoms with Crippen molar-refractivity contribution in [1.82, 2.24) is 10.2 Å². The average molecular weight is 255 g/mol. The molecule has 0 aliphatic carbocycles. The van der Waals surface area contributed by atoms with Gasteiger partial charge in [0, 0.05) is 18.4 Å². The number of hydrogen-bond acceptors (Lipinski definition) is 3. The predicted octanol–water partition coefficient (Wildman–Crippen LogP) is 3.75. The lowest BCUT2D eigenvalue weighted by atomic mass is 10.1. The Morgan fingerprint density at radius 2 is 2.00 bits per heavy atom. The summed E-state index contributed by atoms with van der Waals surface area (Å²) in [6.07, 6.45) is 1.76. The van der Waals surface area contributed by atoms with Gasteiger partial charge in [0.1, 0.15) is 0 Å². The minimum Gasteiger partial charge on any atom is -0.381 e. The number of hydrogen-bond donors (Lipinski definition) is 2. The van der Waals surface area contributed by atoms with Crippen LogP contribution in [-0.4, -0.2) is 10.2 Å². The summed E-state index contributed by atoms with van der Waals surface area (Å²) >= 11 is 1.72. The molecule has 3 aromatic rings. The van der Waals surface area contributed by atoms with E-state index >= 15 is 0 Å². The smallest absolute Gasteiger partial charge is 0.0650 e. The van der Waals surface area contributed by atoms with E-state index < -0.39 is 0 Å². The molecule has 0 amide bonds. The molecule has 90 valence electrons. The second-order valence-corrected chi connectivity index (χ2v) is 4.81. The first-order chi connectivity index (χ1) is 8.92. The number of benzene rings is 1. The summed E-state index contributed by atoms with van der Waals surface area (Å²) < 4.78 is 0. The number of rotatable bonds is 4. The van der Waals surface area contributed by atoms with Crippen molar-refractivity contribution >= 4 is 17.0 Å². The van der Waals surface area contributed by atoms with Gasteiger partial charge in [0.25, 0.3) is 0 Å². The van der Waals surface area contributed by atoms with E-state index in [2.05, 4.69) is 56.6 Å². The molecular formula is C14H13N3S. The van der Waals surface area contributed by atoms with Crippen molar-refractivity contribution in [3.8, 4) is 11.3 Å². The third kappa shape index (κ3) is 2.43. The molecule has 2 N–H and O–H groups in total. The highest BCUT2D eigenvalue weighted by Gasteiger charge is 1.99. The molecule has 4 heteroatoms. The largest absolute Gasteiger partial charge is 0.381 e. The standard InChI is InChI=1S/C14H13N3S/c1-3-13(15-9-11-6-8-18-10-11)4-2-12(1)14-5-7-16-17-14/h1-8,10,15H,9H2,(H,16,17). The Morgan fingerprint density at radius 3 is 2.67 bits per heavy atom. The van der Waals surface area contributed by atoms with Crippen LogP contribution in [0.2, 0.25) is 0 Å². The van der Waals surface area contributed by atoms with Crippen LogP contribution in [0.4, 0.5) is 5.69 Å².